The molecule has 1 heterocycles. The van der Waals surface area contributed by atoms with E-state index >= 15 is 0 Å². The maximum atomic E-state index is 11.7. The van der Waals surface area contributed by atoms with Gasteiger partial charge >= 0.3 is 0 Å². The molecule has 0 spiro atoms. The lowest BCUT2D eigenvalue weighted by atomic mass is 10.0. The van der Waals surface area contributed by atoms with Crippen LogP contribution in [0.15, 0.2) is 35.0 Å². The number of aliphatic imine (C=N–C) groups is 1. The van der Waals surface area contributed by atoms with Gasteiger partial charge < -0.3 is 4.74 Å². The first kappa shape index (κ1) is 13.9. The van der Waals surface area contributed by atoms with Crippen LogP contribution in [-0.4, -0.2) is 17.0 Å². The van der Waals surface area contributed by atoms with E-state index in [1.165, 1.54) is 5.56 Å². The van der Waals surface area contributed by atoms with E-state index in [1.807, 2.05) is 19.1 Å². The summed E-state index contributed by atoms with van der Waals surface area (Å²) in [5.41, 5.74) is 2.72. The van der Waals surface area contributed by atoms with Gasteiger partial charge in [-0.05, 0) is 30.0 Å². The van der Waals surface area contributed by atoms with Crippen LogP contribution in [0.4, 0.5) is 0 Å². The average molecular weight is 275 g/mol. The summed E-state index contributed by atoms with van der Waals surface area (Å²) in [6.07, 6.45) is 1.80. The summed E-state index contributed by atoms with van der Waals surface area (Å²) in [5.74, 6) is 0.507. The van der Waals surface area contributed by atoms with Gasteiger partial charge in [0.2, 0.25) is 5.12 Å². The third-order valence-electron chi connectivity index (χ3n) is 2.78. The van der Waals surface area contributed by atoms with Crippen molar-refractivity contribution in [2.24, 2.45) is 4.99 Å². The Labute approximate surface area is 117 Å². The van der Waals surface area contributed by atoms with Gasteiger partial charge in [0.15, 0.2) is 0 Å². The van der Waals surface area contributed by atoms with Gasteiger partial charge in [-0.25, -0.2) is 4.99 Å². The minimum absolute atomic E-state index is 0.0589. The van der Waals surface area contributed by atoms with E-state index in [-0.39, 0.29) is 5.12 Å². The van der Waals surface area contributed by atoms with Crippen molar-refractivity contribution >= 4 is 28.2 Å². The van der Waals surface area contributed by atoms with Crippen molar-refractivity contribution in [3.63, 3.8) is 0 Å². The number of hydrogen-bond acceptors (Lipinski definition) is 4. The zero-order valence-electron chi connectivity index (χ0n) is 11.3. The minimum atomic E-state index is -0.0589. The monoisotopic (exact) mass is 275 g/mol. The average Bonchev–Trinajstić information content (AvgIpc) is 2.71. The Kier molecular flexibility index (Phi) is 4.43. The first-order valence-electron chi connectivity index (χ1n) is 6.35. The molecular formula is C15H17NO2S. The number of nitrogens with zero attached hydrogens (tertiary/aromatic N) is 1. The highest BCUT2D eigenvalue weighted by atomic mass is 32.2. The maximum absolute atomic E-state index is 11.7. The molecule has 1 aromatic carbocycles. The van der Waals surface area contributed by atoms with Gasteiger partial charge in [-0.2, -0.15) is 0 Å². The van der Waals surface area contributed by atoms with Gasteiger partial charge in [0, 0.05) is 11.8 Å². The second-order valence-electron chi connectivity index (χ2n) is 4.55. The standard InChI is InChI=1S/C15H17NO2S/c1-4-18-15-16-13(14(17)19-15)9-11-5-7-12(8-6-11)10(2)3/h5-10H,4H2,1-3H3/b13-9+. The Bertz CT molecular complexity index is 530. The fourth-order valence-corrected chi connectivity index (χ4v) is 2.40. The van der Waals surface area contributed by atoms with Crippen molar-refractivity contribution < 1.29 is 9.53 Å². The molecule has 1 aliphatic heterocycles. The zero-order valence-corrected chi connectivity index (χ0v) is 12.2. The highest BCUT2D eigenvalue weighted by molar-refractivity contribution is 8.26. The molecule has 0 bridgehead atoms. The van der Waals surface area contributed by atoms with Crippen LogP contribution in [0.5, 0.6) is 0 Å². The molecule has 1 aromatic rings. The Morgan fingerprint density at radius 2 is 2.00 bits per heavy atom. The molecule has 2 rings (SSSR count). The Morgan fingerprint density at radius 3 is 2.58 bits per heavy atom. The third-order valence-corrected chi connectivity index (χ3v) is 3.55. The molecule has 0 N–H and O–H groups in total. The van der Waals surface area contributed by atoms with Gasteiger partial charge in [0.1, 0.15) is 5.70 Å². The number of carbonyl (C=O) groups is 1. The molecule has 0 aliphatic carbocycles. The van der Waals surface area contributed by atoms with E-state index in [1.54, 1.807) is 6.08 Å². The summed E-state index contributed by atoms with van der Waals surface area (Å²) in [6.45, 7) is 6.71. The van der Waals surface area contributed by atoms with Gasteiger partial charge in [0.05, 0.1) is 6.61 Å². The van der Waals surface area contributed by atoms with E-state index < -0.39 is 0 Å². The highest BCUT2D eigenvalue weighted by Gasteiger charge is 2.23. The fourth-order valence-electron chi connectivity index (χ4n) is 1.71. The molecule has 0 unspecified atom stereocenters. The smallest absolute Gasteiger partial charge is 0.259 e. The molecule has 1 aliphatic rings. The Hall–Kier alpha value is -1.55. The van der Waals surface area contributed by atoms with E-state index in [9.17, 15) is 4.79 Å². The van der Waals surface area contributed by atoms with Gasteiger partial charge in [-0.3, -0.25) is 4.79 Å². The van der Waals surface area contributed by atoms with Crippen LogP contribution in [-0.2, 0) is 9.53 Å². The van der Waals surface area contributed by atoms with E-state index in [0.717, 1.165) is 17.3 Å². The van der Waals surface area contributed by atoms with Crippen LogP contribution in [0.2, 0.25) is 0 Å². The molecule has 0 fully saturated rings. The van der Waals surface area contributed by atoms with Crippen LogP contribution in [0.3, 0.4) is 0 Å². The minimum Gasteiger partial charge on any atom is -0.473 e. The number of thioether (sulfide) groups is 1. The molecule has 19 heavy (non-hydrogen) atoms. The van der Waals surface area contributed by atoms with Gasteiger partial charge in [-0.15, -0.1) is 0 Å². The van der Waals surface area contributed by atoms with Crippen LogP contribution in [0.1, 0.15) is 37.8 Å². The zero-order chi connectivity index (χ0) is 13.8. The second-order valence-corrected chi connectivity index (χ2v) is 5.48. The lowest BCUT2D eigenvalue weighted by Crippen LogP contribution is -1.95. The van der Waals surface area contributed by atoms with Crippen molar-refractivity contribution in [1.29, 1.82) is 0 Å². The van der Waals surface area contributed by atoms with Crippen LogP contribution >= 0.6 is 11.8 Å². The fraction of sp³-hybridized carbons (Fsp3) is 0.333. The predicted octanol–water partition coefficient (Wildman–Crippen LogP) is 3.82. The van der Waals surface area contributed by atoms with Crippen molar-refractivity contribution in [1.82, 2.24) is 0 Å². The summed E-state index contributed by atoms with van der Waals surface area (Å²) in [4.78, 5) is 15.9. The van der Waals surface area contributed by atoms with Crippen molar-refractivity contribution in [2.45, 2.75) is 26.7 Å². The summed E-state index contributed by atoms with van der Waals surface area (Å²) in [5, 5.41) is 0.383. The van der Waals surface area contributed by atoms with E-state index in [4.69, 9.17) is 4.74 Å². The quantitative estimate of drug-likeness (QED) is 0.787. The van der Waals surface area contributed by atoms with E-state index in [0.29, 0.717) is 23.5 Å². The molecule has 0 radical (unpaired) electrons. The lowest BCUT2D eigenvalue weighted by Gasteiger charge is -2.04. The lowest BCUT2D eigenvalue weighted by molar-refractivity contribution is -0.107. The van der Waals surface area contributed by atoms with Crippen molar-refractivity contribution in [2.75, 3.05) is 6.61 Å². The molecule has 4 heteroatoms. The number of hydrogen-bond donors (Lipinski definition) is 0. The summed E-state index contributed by atoms with van der Waals surface area (Å²) in [6, 6.07) is 8.18. The van der Waals surface area contributed by atoms with Crippen LogP contribution in [0.25, 0.3) is 6.08 Å². The summed E-state index contributed by atoms with van der Waals surface area (Å²) >= 11 is 1.05. The van der Waals surface area contributed by atoms with Crippen molar-refractivity contribution in [3.05, 3.63) is 41.1 Å². The molecule has 0 saturated carbocycles. The Morgan fingerprint density at radius 1 is 1.32 bits per heavy atom. The van der Waals surface area contributed by atoms with E-state index in [2.05, 4.69) is 31.0 Å². The molecule has 0 aromatic heterocycles. The first-order chi connectivity index (χ1) is 9.10. The topological polar surface area (TPSA) is 38.7 Å². The first-order valence-corrected chi connectivity index (χ1v) is 7.17. The molecule has 100 valence electrons. The maximum Gasteiger partial charge on any atom is 0.259 e. The number of carbonyl (C=O) groups excluding carboxylic acids is 1. The third kappa shape index (κ3) is 3.47. The molecule has 0 saturated heterocycles. The second kappa shape index (κ2) is 6.06. The highest BCUT2D eigenvalue weighted by Crippen LogP contribution is 2.26. The Balaban J connectivity index is 2.19. The SMILES string of the molecule is CCOC1=N/C(=C/c2ccc(C(C)C)cc2)C(=O)S1. The number of benzene rings is 1. The molecule has 0 amide bonds. The summed E-state index contributed by atoms with van der Waals surface area (Å²) < 4.78 is 5.24. The predicted molar refractivity (Wildman–Crippen MR) is 80.2 cm³/mol. The summed E-state index contributed by atoms with van der Waals surface area (Å²) in [7, 11) is 0. The molecule has 0 atom stereocenters. The number of rotatable bonds is 3. The molecule has 3 nitrogen and oxygen atoms in total. The van der Waals surface area contributed by atoms with Crippen LogP contribution in [0, 0.1) is 0 Å². The normalized spacial score (nSPS) is 17.2. The number of ether oxygens (including phenoxy) is 1. The van der Waals surface area contributed by atoms with Gasteiger partial charge in [-0.1, -0.05) is 38.1 Å². The van der Waals surface area contributed by atoms with Crippen molar-refractivity contribution in [3.8, 4) is 0 Å². The van der Waals surface area contributed by atoms with Crippen LogP contribution < -0.4 is 0 Å². The molecular weight excluding hydrogens is 258 g/mol. The largest absolute Gasteiger partial charge is 0.473 e. The van der Waals surface area contributed by atoms with Gasteiger partial charge in [0.25, 0.3) is 5.23 Å².